The number of thiophene rings is 1. The van der Waals surface area contributed by atoms with Crippen molar-refractivity contribution in [2.24, 2.45) is 0 Å². The Morgan fingerprint density at radius 1 is 1.33 bits per heavy atom. The lowest BCUT2D eigenvalue weighted by molar-refractivity contribution is 1.30. The van der Waals surface area contributed by atoms with Gasteiger partial charge < -0.3 is 4.98 Å². The zero-order chi connectivity index (χ0) is 10.3. The van der Waals surface area contributed by atoms with Crippen molar-refractivity contribution in [2.75, 3.05) is 0 Å². The normalized spacial score (nSPS) is 11.0. The zero-order valence-corrected chi connectivity index (χ0v) is 9.01. The van der Waals surface area contributed by atoms with Crippen molar-refractivity contribution in [3.63, 3.8) is 0 Å². The van der Waals surface area contributed by atoms with Crippen LogP contribution in [-0.4, -0.2) is 15.0 Å². The van der Waals surface area contributed by atoms with Gasteiger partial charge in [0, 0.05) is 17.1 Å². The first-order valence-corrected chi connectivity index (χ1v) is 5.63. The van der Waals surface area contributed by atoms with Gasteiger partial charge in [0.2, 0.25) is 0 Å². The molecule has 0 radical (unpaired) electrons. The second-order valence-electron chi connectivity index (χ2n) is 3.42. The van der Waals surface area contributed by atoms with Crippen LogP contribution >= 0.6 is 11.3 Å². The van der Waals surface area contributed by atoms with Crippen LogP contribution in [-0.2, 0) is 0 Å². The lowest BCUT2D eigenvalue weighted by Crippen LogP contribution is -1.78. The average Bonchev–Trinajstić information content (AvgIpc) is 2.86. The second-order valence-corrected chi connectivity index (χ2v) is 4.20. The summed E-state index contributed by atoms with van der Waals surface area (Å²) in [5.74, 6) is 0.896. The molecule has 3 rings (SSSR count). The second kappa shape index (κ2) is 3.17. The van der Waals surface area contributed by atoms with Crippen LogP contribution in [0.15, 0.2) is 29.1 Å². The lowest BCUT2D eigenvalue weighted by atomic mass is 10.3. The van der Waals surface area contributed by atoms with E-state index in [1.165, 1.54) is 5.56 Å². The molecule has 74 valence electrons. The number of hydrogen-bond acceptors (Lipinski definition) is 3. The summed E-state index contributed by atoms with van der Waals surface area (Å²) in [6.07, 6.45) is 1.79. The molecular formula is C11H9N3S. The molecule has 3 heterocycles. The maximum absolute atomic E-state index is 4.46. The van der Waals surface area contributed by atoms with Crippen LogP contribution in [0.2, 0.25) is 0 Å². The van der Waals surface area contributed by atoms with Gasteiger partial charge in [0.05, 0.1) is 5.52 Å². The SMILES string of the molecule is Cc1ccnc2nc(-c3ccsc3)[nH]c12. The number of H-pyrrole nitrogens is 1. The molecular weight excluding hydrogens is 206 g/mol. The van der Waals surface area contributed by atoms with Gasteiger partial charge in [-0.2, -0.15) is 11.3 Å². The zero-order valence-electron chi connectivity index (χ0n) is 8.19. The summed E-state index contributed by atoms with van der Waals surface area (Å²) in [5, 5.41) is 4.12. The molecule has 4 heteroatoms. The molecule has 0 aliphatic rings. The quantitative estimate of drug-likeness (QED) is 0.678. The third kappa shape index (κ3) is 1.34. The van der Waals surface area contributed by atoms with E-state index in [2.05, 4.69) is 33.3 Å². The summed E-state index contributed by atoms with van der Waals surface area (Å²) in [4.78, 5) is 12.0. The molecule has 0 unspecified atom stereocenters. The van der Waals surface area contributed by atoms with Gasteiger partial charge in [0.25, 0.3) is 0 Å². The van der Waals surface area contributed by atoms with Crippen LogP contribution in [0.4, 0.5) is 0 Å². The van der Waals surface area contributed by atoms with Gasteiger partial charge in [0.1, 0.15) is 5.82 Å². The van der Waals surface area contributed by atoms with Gasteiger partial charge in [-0.05, 0) is 30.0 Å². The van der Waals surface area contributed by atoms with E-state index in [0.29, 0.717) is 0 Å². The molecule has 0 amide bonds. The Balaban J connectivity index is 2.27. The molecule has 1 N–H and O–H groups in total. The highest BCUT2D eigenvalue weighted by atomic mass is 32.1. The maximum atomic E-state index is 4.46. The van der Waals surface area contributed by atoms with E-state index in [9.17, 15) is 0 Å². The van der Waals surface area contributed by atoms with E-state index in [-0.39, 0.29) is 0 Å². The van der Waals surface area contributed by atoms with Crippen molar-refractivity contribution in [1.29, 1.82) is 0 Å². The molecule has 3 nitrogen and oxygen atoms in total. The van der Waals surface area contributed by atoms with E-state index < -0.39 is 0 Å². The molecule has 0 aliphatic carbocycles. The third-order valence-electron chi connectivity index (χ3n) is 2.40. The summed E-state index contributed by atoms with van der Waals surface area (Å²) in [6, 6.07) is 4.04. The number of imidazole rings is 1. The number of hydrogen-bond donors (Lipinski definition) is 1. The van der Waals surface area contributed by atoms with Crippen molar-refractivity contribution in [3.05, 3.63) is 34.7 Å². The minimum absolute atomic E-state index is 0.788. The largest absolute Gasteiger partial charge is 0.336 e. The Labute approximate surface area is 90.8 Å². The fourth-order valence-corrected chi connectivity index (χ4v) is 2.21. The number of aromatic nitrogens is 3. The summed E-state index contributed by atoms with van der Waals surface area (Å²) in [6.45, 7) is 2.06. The molecule has 0 saturated carbocycles. The first kappa shape index (κ1) is 8.61. The summed E-state index contributed by atoms with van der Waals surface area (Å²) in [7, 11) is 0. The minimum Gasteiger partial charge on any atom is -0.336 e. The molecule has 0 saturated heterocycles. The highest BCUT2D eigenvalue weighted by Gasteiger charge is 2.07. The highest BCUT2D eigenvalue weighted by molar-refractivity contribution is 7.08. The number of rotatable bonds is 1. The van der Waals surface area contributed by atoms with E-state index in [1.807, 2.05) is 11.4 Å². The van der Waals surface area contributed by atoms with Crippen molar-refractivity contribution < 1.29 is 0 Å². The summed E-state index contributed by atoms with van der Waals surface area (Å²) < 4.78 is 0. The van der Waals surface area contributed by atoms with Gasteiger partial charge in [0.15, 0.2) is 5.65 Å². The fourth-order valence-electron chi connectivity index (χ4n) is 1.57. The first-order chi connectivity index (χ1) is 7.34. The first-order valence-electron chi connectivity index (χ1n) is 4.68. The number of nitrogens with one attached hydrogen (secondary N) is 1. The van der Waals surface area contributed by atoms with E-state index >= 15 is 0 Å². The molecule has 0 aliphatic heterocycles. The number of fused-ring (bicyclic) bond motifs is 1. The molecule has 15 heavy (non-hydrogen) atoms. The Bertz CT molecular complexity index is 595. The van der Waals surface area contributed by atoms with Gasteiger partial charge in [-0.25, -0.2) is 9.97 Å². The highest BCUT2D eigenvalue weighted by Crippen LogP contribution is 2.22. The molecule has 0 atom stereocenters. The Hall–Kier alpha value is -1.68. The summed E-state index contributed by atoms with van der Waals surface area (Å²) >= 11 is 1.67. The number of aromatic amines is 1. The number of pyridine rings is 1. The van der Waals surface area contributed by atoms with Gasteiger partial charge in [-0.3, -0.25) is 0 Å². The van der Waals surface area contributed by atoms with Crippen molar-refractivity contribution >= 4 is 22.5 Å². The predicted molar refractivity (Wildman–Crippen MR) is 61.9 cm³/mol. The Kier molecular flexibility index (Phi) is 1.82. The van der Waals surface area contributed by atoms with E-state index in [1.54, 1.807) is 17.5 Å². The number of aryl methyl sites for hydroxylation is 1. The maximum Gasteiger partial charge on any atom is 0.178 e. The monoisotopic (exact) mass is 215 g/mol. The lowest BCUT2D eigenvalue weighted by Gasteiger charge is -1.90. The number of nitrogens with zero attached hydrogens (tertiary/aromatic N) is 2. The van der Waals surface area contributed by atoms with Crippen molar-refractivity contribution in [1.82, 2.24) is 15.0 Å². The fraction of sp³-hybridized carbons (Fsp3) is 0.0909. The molecule has 0 spiro atoms. The predicted octanol–water partition coefficient (Wildman–Crippen LogP) is 2.99. The molecule has 0 aromatic carbocycles. The van der Waals surface area contributed by atoms with Crippen LogP contribution in [0.3, 0.4) is 0 Å². The van der Waals surface area contributed by atoms with E-state index in [0.717, 1.165) is 22.6 Å². The topological polar surface area (TPSA) is 41.6 Å². The average molecular weight is 215 g/mol. The summed E-state index contributed by atoms with van der Waals surface area (Å²) in [5.41, 5.74) is 4.11. The van der Waals surface area contributed by atoms with Crippen LogP contribution in [0.5, 0.6) is 0 Å². The Morgan fingerprint density at radius 3 is 3.00 bits per heavy atom. The van der Waals surface area contributed by atoms with E-state index in [4.69, 9.17) is 0 Å². The Morgan fingerprint density at radius 2 is 2.27 bits per heavy atom. The van der Waals surface area contributed by atoms with Gasteiger partial charge in [-0.15, -0.1) is 0 Å². The molecule has 0 fully saturated rings. The van der Waals surface area contributed by atoms with Crippen LogP contribution in [0.1, 0.15) is 5.56 Å². The molecule has 3 aromatic heterocycles. The van der Waals surface area contributed by atoms with Crippen molar-refractivity contribution in [2.45, 2.75) is 6.92 Å². The molecule has 0 bridgehead atoms. The third-order valence-corrected chi connectivity index (χ3v) is 3.08. The van der Waals surface area contributed by atoms with Crippen LogP contribution < -0.4 is 0 Å². The smallest absolute Gasteiger partial charge is 0.178 e. The van der Waals surface area contributed by atoms with Crippen LogP contribution in [0.25, 0.3) is 22.6 Å². The van der Waals surface area contributed by atoms with Crippen molar-refractivity contribution in [3.8, 4) is 11.4 Å². The van der Waals surface area contributed by atoms with Crippen LogP contribution in [0, 0.1) is 6.92 Å². The standard InChI is InChI=1S/C11H9N3S/c1-7-2-4-12-11-9(7)13-10(14-11)8-3-5-15-6-8/h2-6H,1H3,(H,12,13,14). The van der Waals surface area contributed by atoms with Gasteiger partial charge >= 0.3 is 0 Å². The minimum atomic E-state index is 0.788. The van der Waals surface area contributed by atoms with Gasteiger partial charge in [-0.1, -0.05) is 0 Å². The molecule has 3 aromatic rings.